The van der Waals surface area contributed by atoms with Crippen molar-refractivity contribution < 1.29 is 17.9 Å². The Labute approximate surface area is 85.8 Å². The highest BCUT2D eigenvalue weighted by Gasteiger charge is 2.30. The highest BCUT2D eigenvalue weighted by atomic mass is 19.3. The van der Waals surface area contributed by atoms with E-state index in [1.807, 2.05) is 0 Å². The summed E-state index contributed by atoms with van der Waals surface area (Å²) in [5.41, 5.74) is 4.44. The van der Waals surface area contributed by atoms with Crippen molar-refractivity contribution in [1.29, 1.82) is 0 Å². The standard InChI is InChI=1S/C10H12F3NO/c1-2-15-9-4-3-7(5-8(9)11)10(12,13)6-14/h3-5H,2,6,14H2,1H3. The van der Waals surface area contributed by atoms with E-state index in [4.69, 9.17) is 10.5 Å². The van der Waals surface area contributed by atoms with Gasteiger partial charge in [-0.05, 0) is 25.1 Å². The molecule has 5 heteroatoms. The van der Waals surface area contributed by atoms with E-state index in [0.29, 0.717) is 0 Å². The molecule has 0 fully saturated rings. The normalized spacial score (nSPS) is 11.5. The highest BCUT2D eigenvalue weighted by Crippen LogP contribution is 2.29. The van der Waals surface area contributed by atoms with Gasteiger partial charge in [-0.1, -0.05) is 0 Å². The second kappa shape index (κ2) is 4.53. The van der Waals surface area contributed by atoms with Gasteiger partial charge in [0.15, 0.2) is 11.6 Å². The number of rotatable bonds is 4. The molecule has 0 saturated carbocycles. The molecule has 0 aliphatic heterocycles. The van der Waals surface area contributed by atoms with E-state index >= 15 is 0 Å². The number of nitrogens with two attached hydrogens (primary N) is 1. The van der Waals surface area contributed by atoms with E-state index in [2.05, 4.69) is 0 Å². The minimum absolute atomic E-state index is 0.0333. The van der Waals surface area contributed by atoms with E-state index < -0.39 is 23.8 Å². The first-order chi connectivity index (χ1) is 7.01. The predicted molar refractivity (Wildman–Crippen MR) is 50.5 cm³/mol. The molecule has 0 spiro atoms. The Morgan fingerprint density at radius 1 is 1.40 bits per heavy atom. The summed E-state index contributed by atoms with van der Waals surface area (Å²) in [5.74, 6) is -4.04. The van der Waals surface area contributed by atoms with Crippen LogP contribution in [0.25, 0.3) is 0 Å². The molecular weight excluding hydrogens is 207 g/mol. The van der Waals surface area contributed by atoms with Crippen LogP contribution in [0.4, 0.5) is 13.2 Å². The van der Waals surface area contributed by atoms with Crippen molar-refractivity contribution in [1.82, 2.24) is 0 Å². The third-order valence-corrected chi connectivity index (χ3v) is 1.91. The lowest BCUT2D eigenvalue weighted by molar-refractivity contribution is 0.00558. The first-order valence-electron chi connectivity index (χ1n) is 4.52. The second-order valence-electron chi connectivity index (χ2n) is 2.99. The molecule has 0 unspecified atom stereocenters. The average Bonchev–Trinajstić information content (AvgIpc) is 2.21. The van der Waals surface area contributed by atoms with Crippen molar-refractivity contribution in [3.63, 3.8) is 0 Å². The van der Waals surface area contributed by atoms with Crippen molar-refractivity contribution in [2.24, 2.45) is 5.73 Å². The van der Waals surface area contributed by atoms with Gasteiger partial charge in [-0.25, -0.2) is 4.39 Å². The first kappa shape index (κ1) is 11.8. The molecule has 0 bridgehead atoms. The number of ether oxygens (including phenoxy) is 1. The van der Waals surface area contributed by atoms with Crippen LogP contribution in [0.5, 0.6) is 5.75 Å². The molecule has 84 valence electrons. The Hall–Kier alpha value is -1.23. The van der Waals surface area contributed by atoms with Gasteiger partial charge in [-0.15, -0.1) is 0 Å². The Balaban J connectivity index is 3.01. The van der Waals surface area contributed by atoms with Crippen LogP contribution in [0.15, 0.2) is 18.2 Å². The van der Waals surface area contributed by atoms with E-state index in [-0.39, 0.29) is 12.4 Å². The Kier molecular flexibility index (Phi) is 3.57. The van der Waals surface area contributed by atoms with Gasteiger partial charge in [0.05, 0.1) is 13.2 Å². The Morgan fingerprint density at radius 3 is 2.53 bits per heavy atom. The molecule has 15 heavy (non-hydrogen) atoms. The molecule has 0 aromatic heterocycles. The molecule has 2 N–H and O–H groups in total. The summed E-state index contributed by atoms with van der Waals surface area (Å²) < 4.78 is 44.2. The van der Waals surface area contributed by atoms with Crippen LogP contribution in [0, 0.1) is 5.82 Å². The number of hydrogen-bond donors (Lipinski definition) is 1. The molecule has 0 saturated heterocycles. The van der Waals surface area contributed by atoms with Crippen molar-refractivity contribution >= 4 is 0 Å². The molecule has 0 amide bonds. The number of halogens is 3. The molecular formula is C10H12F3NO. The number of alkyl halides is 2. The summed E-state index contributed by atoms with van der Waals surface area (Å²) >= 11 is 0. The van der Waals surface area contributed by atoms with Gasteiger partial charge in [-0.2, -0.15) is 8.78 Å². The summed E-state index contributed by atoms with van der Waals surface area (Å²) in [6, 6.07) is 3.04. The summed E-state index contributed by atoms with van der Waals surface area (Å²) in [6.45, 7) is 1.12. The van der Waals surface area contributed by atoms with Crippen LogP contribution in [0.2, 0.25) is 0 Å². The fourth-order valence-corrected chi connectivity index (χ4v) is 1.12. The summed E-state index contributed by atoms with van der Waals surface area (Å²) in [5, 5.41) is 0. The van der Waals surface area contributed by atoms with Crippen LogP contribution < -0.4 is 10.5 Å². The van der Waals surface area contributed by atoms with Crippen LogP contribution in [0.1, 0.15) is 12.5 Å². The summed E-state index contributed by atoms with van der Waals surface area (Å²) in [4.78, 5) is 0. The third kappa shape index (κ3) is 2.62. The zero-order valence-electron chi connectivity index (χ0n) is 8.27. The maximum Gasteiger partial charge on any atom is 0.285 e. The summed E-state index contributed by atoms with van der Waals surface area (Å²) in [6.07, 6.45) is 0. The Bertz CT molecular complexity index is 341. The maximum absolute atomic E-state index is 13.2. The van der Waals surface area contributed by atoms with Crippen molar-refractivity contribution in [3.8, 4) is 5.75 Å². The SMILES string of the molecule is CCOc1ccc(C(F)(F)CN)cc1F. The monoisotopic (exact) mass is 219 g/mol. The minimum Gasteiger partial charge on any atom is -0.491 e. The lowest BCUT2D eigenvalue weighted by atomic mass is 10.1. The van der Waals surface area contributed by atoms with Gasteiger partial charge in [0, 0.05) is 5.56 Å². The molecule has 1 aromatic rings. The van der Waals surface area contributed by atoms with E-state index in [1.165, 1.54) is 6.07 Å². The zero-order chi connectivity index (χ0) is 11.5. The molecule has 0 aliphatic rings. The number of benzene rings is 1. The second-order valence-corrected chi connectivity index (χ2v) is 2.99. The Morgan fingerprint density at radius 2 is 2.07 bits per heavy atom. The lowest BCUT2D eigenvalue weighted by Gasteiger charge is -2.15. The van der Waals surface area contributed by atoms with Gasteiger partial charge >= 0.3 is 0 Å². The molecule has 2 nitrogen and oxygen atoms in total. The molecule has 1 aromatic carbocycles. The highest BCUT2D eigenvalue weighted by molar-refractivity contribution is 5.31. The predicted octanol–water partition coefficient (Wildman–Crippen LogP) is 2.27. The fourth-order valence-electron chi connectivity index (χ4n) is 1.12. The average molecular weight is 219 g/mol. The zero-order valence-corrected chi connectivity index (χ0v) is 8.27. The van der Waals surface area contributed by atoms with Gasteiger partial charge in [-0.3, -0.25) is 0 Å². The van der Waals surface area contributed by atoms with Crippen LogP contribution >= 0.6 is 0 Å². The molecule has 0 radical (unpaired) electrons. The topological polar surface area (TPSA) is 35.2 Å². The van der Waals surface area contributed by atoms with Gasteiger partial charge in [0.2, 0.25) is 0 Å². The molecule has 0 heterocycles. The third-order valence-electron chi connectivity index (χ3n) is 1.91. The fraction of sp³-hybridized carbons (Fsp3) is 0.400. The number of hydrogen-bond acceptors (Lipinski definition) is 2. The van der Waals surface area contributed by atoms with Crippen molar-refractivity contribution in [3.05, 3.63) is 29.6 Å². The summed E-state index contributed by atoms with van der Waals surface area (Å²) in [7, 11) is 0. The van der Waals surface area contributed by atoms with Gasteiger partial charge in [0.1, 0.15) is 0 Å². The molecule has 0 aliphatic carbocycles. The van der Waals surface area contributed by atoms with E-state index in [0.717, 1.165) is 12.1 Å². The molecule has 1 rings (SSSR count). The van der Waals surface area contributed by atoms with Crippen LogP contribution in [0.3, 0.4) is 0 Å². The van der Waals surface area contributed by atoms with Crippen molar-refractivity contribution in [2.75, 3.05) is 13.2 Å². The van der Waals surface area contributed by atoms with E-state index in [1.54, 1.807) is 6.92 Å². The van der Waals surface area contributed by atoms with Crippen molar-refractivity contribution in [2.45, 2.75) is 12.8 Å². The van der Waals surface area contributed by atoms with Gasteiger partial charge in [0.25, 0.3) is 5.92 Å². The maximum atomic E-state index is 13.2. The minimum atomic E-state index is -3.20. The van der Waals surface area contributed by atoms with Crippen LogP contribution in [-0.2, 0) is 5.92 Å². The lowest BCUT2D eigenvalue weighted by Crippen LogP contribution is -2.25. The smallest absolute Gasteiger partial charge is 0.285 e. The van der Waals surface area contributed by atoms with Crippen LogP contribution in [-0.4, -0.2) is 13.2 Å². The largest absolute Gasteiger partial charge is 0.491 e. The quantitative estimate of drug-likeness (QED) is 0.843. The first-order valence-corrected chi connectivity index (χ1v) is 4.52. The van der Waals surface area contributed by atoms with E-state index in [9.17, 15) is 13.2 Å². The molecule has 0 atom stereocenters. The van der Waals surface area contributed by atoms with Gasteiger partial charge < -0.3 is 10.5 Å².